The number of nitrogens with one attached hydrogen (secondary N) is 2. The summed E-state index contributed by atoms with van der Waals surface area (Å²) in [6.45, 7) is 1.80. The maximum absolute atomic E-state index is 12.3. The number of rotatable bonds is 2. The number of amides is 2. The second-order valence-corrected chi connectivity index (χ2v) is 5.43. The number of benzene rings is 2. The van der Waals surface area contributed by atoms with Crippen LogP contribution in [0.2, 0.25) is 5.02 Å². The van der Waals surface area contributed by atoms with Crippen molar-refractivity contribution in [3.8, 4) is 5.75 Å². The van der Waals surface area contributed by atoms with Crippen LogP contribution in [0.4, 0.5) is 11.4 Å². The normalized spacial score (nSPS) is 12.9. The molecule has 6 heteroatoms. The van der Waals surface area contributed by atoms with E-state index < -0.39 is 0 Å². The molecule has 112 valence electrons. The molecule has 0 bridgehead atoms. The fourth-order valence-electron chi connectivity index (χ4n) is 2.26. The van der Waals surface area contributed by atoms with Crippen LogP contribution in [0.25, 0.3) is 0 Å². The Kier molecular flexibility index (Phi) is 3.73. The molecule has 2 amide bonds. The smallest absolute Gasteiger partial charge is 0.262 e. The summed E-state index contributed by atoms with van der Waals surface area (Å²) >= 11 is 5.90. The van der Waals surface area contributed by atoms with E-state index in [-0.39, 0.29) is 18.4 Å². The van der Waals surface area contributed by atoms with E-state index in [1.165, 1.54) is 0 Å². The van der Waals surface area contributed by atoms with Crippen LogP contribution in [0.5, 0.6) is 5.75 Å². The minimum atomic E-state index is -0.296. The summed E-state index contributed by atoms with van der Waals surface area (Å²) in [5.74, 6) is -0.0541. The molecule has 0 radical (unpaired) electrons. The number of fused-ring (bicyclic) bond motifs is 1. The van der Waals surface area contributed by atoms with Crippen molar-refractivity contribution in [2.24, 2.45) is 0 Å². The van der Waals surface area contributed by atoms with E-state index in [0.717, 1.165) is 5.56 Å². The highest BCUT2D eigenvalue weighted by molar-refractivity contribution is 6.31. The fraction of sp³-hybridized carbons (Fsp3) is 0.125. The van der Waals surface area contributed by atoms with E-state index >= 15 is 0 Å². The zero-order chi connectivity index (χ0) is 15.7. The second kappa shape index (κ2) is 5.69. The van der Waals surface area contributed by atoms with Gasteiger partial charge in [0.05, 0.1) is 11.4 Å². The summed E-state index contributed by atoms with van der Waals surface area (Å²) in [5, 5.41) is 6.01. The van der Waals surface area contributed by atoms with Gasteiger partial charge < -0.3 is 15.4 Å². The number of ether oxygens (including phenoxy) is 1. The Morgan fingerprint density at radius 3 is 2.91 bits per heavy atom. The number of hydrogen-bond donors (Lipinski definition) is 2. The van der Waals surface area contributed by atoms with Gasteiger partial charge in [-0.3, -0.25) is 9.59 Å². The zero-order valence-corrected chi connectivity index (χ0v) is 12.5. The molecule has 0 fully saturated rings. The SMILES string of the molecule is Cc1cc2c(c(NC(=O)c3cccc(Cl)c3)c1)OCC(=O)N2. The Bertz CT molecular complexity index is 774. The lowest BCUT2D eigenvalue weighted by Gasteiger charge is -2.21. The van der Waals surface area contributed by atoms with Crippen molar-refractivity contribution in [1.82, 2.24) is 0 Å². The first-order chi connectivity index (χ1) is 10.5. The average molecular weight is 317 g/mol. The second-order valence-electron chi connectivity index (χ2n) is 4.99. The third-order valence-electron chi connectivity index (χ3n) is 3.19. The van der Waals surface area contributed by atoms with E-state index in [2.05, 4.69) is 10.6 Å². The topological polar surface area (TPSA) is 67.4 Å². The molecule has 3 rings (SSSR count). The van der Waals surface area contributed by atoms with Gasteiger partial charge in [0.25, 0.3) is 11.8 Å². The first-order valence-corrected chi connectivity index (χ1v) is 7.05. The third kappa shape index (κ3) is 2.89. The molecule has 0 unspecified atom stereocenters. The Labute approximate surface area is 132 Å². The molecule has 22 heavy (non-hydrogen) atoms. The summed E-state index contributed by atoms with van der Waals surface area (Å²) < 4.78 is 5.43. The Morgan fingerprint density at radius 2 is 2.14 bits per heavy atom. The highest BCUT2D eigenvalue weighted by Crippen LogP contribution is 2.37. The highest BCUT2D eigenvalue weighted by atomic mass is 35.5. The number of halogens is 1. The maximum atomic E-state index is 12.3. The molecular weight excluding hydrogens is 304 g/mol. The maximum Gasteiger partial charge on any atom is 0.262 e. The lowest BCUT2D eigenvalue weighted by molar-refractivity contribution is -0.118. The molecule has 1 aliphatic heterocycles. The lowest BCUT2D eigenvalue weighted by Crippen LogP contribution is -2.26. The first kappa shape index (κ1) is 14.4. The largest absolute Gasteiger partial charge is 0.479 e. The van der Waals surface area contributed by atoms with Gasteiger partial charge in [-0.05, 0) is 42.8 Å². The van der Waals surface area contributed by atoms with Gasteiger partial charge >= 0.3 is 0 Å². The molecule has 5 nitrogen and oxygen atoms in total. The van der Waals surface area contributed by atoms with Crippen molar-refractivity contribution < 1.29 is 14.3 Å². The predicted molar refractivity (Wildman–Crippen MR) is 84.7 cm³/mol. The van der Waals surface area contributed by atoms with Crippen molar-refractivity contribution in [2.45, 2.75) is 6.92 Å². The van der Waals surface area contributed by atoms with Gasteiger partial charge in [0, 0.05) is 10.6 Å². The van der Waals surface area contributed by atoms with Crippen LogP contribution in [-0.4, -0.2) is 18.4 Å². The molecule has 1 heterocycles. The van der Waals surface area contributed by atoms with Gasteiger partial charge in [0.15, 0.2) is 12.4 Å². The standard InChI is InChI=1S/C16H13ClN2O3/c1-9-5-12-15(22-8-14(20)18-12)13(6-9)19-16(21)10-3-2-4-11(17)7-10/h2-7H,8H2,1H3,(H,18,20)(H,19,21). The van der Waals surface area contributed by atoms with Crippen LogP contribution in [0.15, 0.2) is 36.4 Å². The molecule has 0 aliphatic carbocycles. The molecule has 2 aromatic carbocycles. The fourth-order valence-corrected chi connectivity index (χ4v) is 2.45. The molecule has 2 N–H and O–H groups in total. The highest BCUT2D eigenvalue weighted by Gasteiger charge is 2.21. The van der Waals surface area contributed by atoms with Crippen molar-refractivity contribution in [3.05, 3.63) is 52.5 Å². The van der Waals surface area contributed by atoms with Gasteiger partial charge in [-0.2, -0.15) is 0 Å². The summed E-state index contributed by atoms with van der Waals surface area (Å²) in [6, 6.07) is 10.2. The molecular formula is C16H13ClN2O3. The van der Waals surface area contributed by atoms with E-state index in [0.29, 0.717) is 27.7 Å². The number of anilines is 2. The molecule has 0 saturated carbocycles. The molecule has 2 aromatic rings. The van der Waals surface area contributed by atoms with Crippen LogP contribution < -0.4 is 15.4 Å². The summed E-state index contributed by atoms with van der Waals surface area (Å²) in [5.41, 5.74) is 2.41. The molecule has 0 aromatic heterocycles. The average Bonchev–Trinajstić information content (AvgIpc) is 2.46. The first-order valence-electron chi connectivity index (χ1n) is 6.67. The van der Waals surface area contributed by atoms with Crippen LogP contribution in [0.1, 0.15) is 15.9 Å². The van der Waals surface area contributed by atoms with Crippen LogP contribution in [-0.2, 0) is 4.79 Å². The van der Waals surface area contributed by atoms with Gasteiger partial charge in [-0.25, -0.2) is 0 Å². The van der Waals surface area contributed by atoms with Gasteiger partial charge in [0.2, 0.25) is 0 Å². The van der Waals surface area contributed by atoms with Crippen molar-refractivity contribution in [2.75, 3.05) is 17.2 Å². The molecule has 0 atom stereocenters. The minimum Gasteiger partial charge on any atom is -0.479 e. The Balaban J connectivity index is 1.92. The van der Waals surface area contributed by atoms with Gasteiger partial charge in [-0.1, -0.05) is 17.7 Å². The predicted octanol–water partition coefficient (Wildman–Crippen LogP) is 3.23. The number of carbonyl (C=O) groups excluding carboxylic acids is 2. The number of carbonyl (C=O) groups is 2. The number of aryl methyl sites for hydroxylation is 1. The number of hydrogen-bond acceptors (Lipinski definition) is 3. The van der Waals surface area contributed by atoms with Gasteiger partial charge in [-0.15, -0.1) is 0 Å². The van der Waals surface area contributed by atoms with Crippen molar-refractivity contribution >= 4 is 34.8 Å². The van der Waals surface area contributed by atoms with Crippen molar-refractivity contribution in [1.29, 1.82) is 0 Å². The van der Waals surface area contributed by atoms with E-state index in [9.17, 15) is 9.59 Å². The monoisotopic (exact) mass is 316 g/mol. The van der Waals surface area contributed by atoms with Crippen LogP contribution in [0.3, 0.4) is 0 Å². The third-order valence-corrected chi connectivity index (χ3v) is 3.43. The van der Waals surface area contributed by atoms with E-state index in [1.807, 2.05) is 6.92 Å². The van der Waals surface area contributed by atoms with E-state index in [1.54, 1.807) is 36.4 Å². The molecule has 0 saturated heterocycles. The summed E-state index contributed by atoms with van der Waals surface area (Å²) in [6.07, 6.45) is 0. The molecule has 0 spiro atoms. The molecule has 1 aliphatic rings. The van der Waals surface area contributed by atoms with Crippen molar-refractivity contribution in [3.63, 3.8) is 0 Å². The summed E-state index contributed by atoms with van der Waals surface area (Å²) in [7, 11) is 0. The van der Waals surface area contributed by atoms with Gasteiger partial charge in [0.1, 0.15) is 0 Å². The van der Waals surface area contributed by atoms with Crippen LogP contribution >= 0.6 is 11.6 Å². The minimum absolute atomic E-state index is 0.0733. The zero-order valence-electron chi connectivity index (χ0n) is 11.8. The van der Waals surface area contributed by atoms with E-state index in [4.69, 9.17) is 16.3 Å². The summed E-state index contributed by atoms with van der Waals surface area (Å²) in [4.78, 5) is 23.7. The lowest BCUT2D eigenvalue weighted by atomic mass is 10.1. The Hall–Kier alpha value is -2.53. The van der Waals surface area contributed by atoms with Crippen LogP contribution in [0, 0.1) is 6.92 Å². The quantitative estimate of drug-likeness (QED) is 0.894. The Morgan fingerprint density at radius 1 is 1.32 bits per heavy atom.